The normalized spacial score (nSPS) is 12.2. The van der Waals surface area contributed by atoms with Gasteiger partial charge in [-0.15, -0.1) is 0 Å². The molecule has 38 heavy (non-hydrogen) atoms. The van der Waals surface area contributed by atoms with Crippen LogP contribution in [-0.4, -0.2) is 43.3 Å². The SMILES string of the molecule is COc1ccc(S(=O)(=O)Nc2cccc(C[C@@H](C)CN(Cc3ccccc3)C(=O)O)c2O)c(CC(C)C)c1. The molecule has 9 heteroatoms. The van der Waals surface area contributed by atoms with E-state index in [0.29, 0.717) is 29.7 Å². The largest absolute Gasteiger partial charge is 0.505 e. The number of anilines is 1. The molecule has 0 aliphatic heterocycles. The van der Waals surface area contributed by atoms with Crippen molar-refractivity contribution in [1.82, 2.24) is 4.90 Å². The number of rotatable bonds is 12. The lowest BCUT2D eigenvalue weighted by Gasteiger charge is -2.24. The van der Waals surface area contributed by atoms with Gasteiger partial charge >= 0.3 is 6.09 Å². The fourth-order valence-electron chi connectivity index (χ4n) is 4.41. The number of hydrogen-bond acceptors (Lipinski definition) is 5. The van der Waals surface area contributed by atoms with E-state index in [4.69, 9.17) is 4.74 Å². The van der Waals surface area contributed by atoms with Crippen molar-refractivity contribution in [1.29, 1.82) is 0 Å². The summed E-state index contributed by atoms with van der Waals surface area (Å²) < 4.78 is 34.5. The minimum Gasteiger partial charge on any atom is -0.505 e. The molecular weight excluding hydrogens is 504 g/mol. The molecule has 1 amide bonds. The molecule has 0 bridgehead atoms. The molecule has 0 aromatic heterocycles. The van der Waals surface area contributed by atoms with E-state index >= 15 is 0 Å². The second-order valence-corrected chi connectivity index (χ2v) is 11.6. The van der Waals surface area contributed by atoms with Crippen molar-refractivity contribution in [3.8, 4) is 11.5 Å². The van der Waals surface area contributed by atoms with Gasteiger partial charge in [0.25, 0.3) is 10.0 Å². The van der Waals surface area contributed by atoms with Gasteiger partial charge in [0.2, 0.25) is 0 Å². The third kappa shape index (κ3) is 7.64. The maximum absolute atomic E-state index is 13.3. The van der Waals surface area contributed by atoms with E-state index in [9.17, 15) is 23.4 Å². The summed E-state index contributed by atoms with van der Waals surface area (Å²) in [5, 5.41) is 20.6. The van der Waals surface area contributed by atoms with Gasteiger partial charge in [-0.1, -0.05) is 63.2 Å². The van der Waals surface area contributed by atoms with Gasteiger partial charge in [0, 0.05) is 13.1 Å². The number of phenolic OH excluding ortho intramolecular Hbond substituents is 1. The van der Waals surface area contributed by atoms with E-state index in [1.165, 1.54) is 24.1 Å². The number of sulfonamides is 1. The van der Waals surface area contributed by atoms with Gasteiger partial charge in [0.15, 0.2) is 0 Å². The van der Waals surface area contributed by atoms with Crippen LogP contribution in [0.3, 0.4) is 0 Å². The van der Waals surface area contributed by atoms with Gasteiger partial charge in [-0.05, 0) is 65.6 Å². The Bertz CT molecular complexity index is 1340. The number of carbonyl (C=O) groups is 1. The number of phenols is 1. The summed E-state index contributed by atoms with van der Waals surface area (Å²) in [5.41, 5.74) is 2.11. The lowest BCUT2D eigenvalue weighted by Crippen LogP contribution is -2.33. The third-order valence-electron chi connectivity index (χ3n) is 6.14. The van der Waals surface area contributed by atoms with Gasteiger partial charge in [0.1, 0.15) is 11.5 Å². The first-order valence-electron chi connectivity index (χ1n) is 12.5. The number of methoxy groups -OCH3 is 1. The van der Waals surface area contributed by atoms with E-state index in [0.717, 1.165) is 5.56 Å². The number of para-hydroxylation sites is 1. The van der Waals surface area contributed by atoms with Gasteiger partial charge in [-0.3, -0.25) is 4.72 Å². The Morgan fingerprint density at radius 2 is 1.68 bits per heavy atom. The van der Waals surface area contributed by atoms with Crippen LogP contribution in [0.1, 0.15) is 37.5 Å². The molecule has 3 aromatic carbocycles. The Morgan fingerprint density at radius 3 is 2.32 bits per heavy atom. The zero-order valence-corrected chi connectivity index (χ0v) is 23.0. The summed E-state index contributed by atoms with van der Waals surface area (Å²) in [6.07, 6.45) is -0.121. The lowest BCUT2D eigenvalue weighted by molar-refractivity contribution is 0.134. The molecule has 0 saturated carbocycles. The summed E-state index contributed by atoms with van der Waals surface area (Å²) >= 11 is 0. The Morgan fingerprint density at radius 1 is 0.974 bits per heavy atom. The van der Waals surface area contributed by atoms with E-state index < -0.39 is 16.1 Å². The maximum Gasteiger partial charge on any atom is 0.407 e. The van der Waals surface area contributed by atoms with E-state index in [1.54, 1.807) is 24.3 Å². The highest BCUT2D eigenvalue weighted by Gasteiger charge is 2.23. The fourth-order valence-corrected chi connectivity index (χ4v) is 5.71. The van der Waals surface area contributed by atoms with Crippen LogP contribution in [0.15, 0.2) is 71.6 Å². The number of aromatic hydroxyl groups is 1. The van der Waals surface area contributed by atoms with Crippen molar-refractivity contribution in [2.45, 2.75) is 45.1 Å². The molecular formula is C29H36N2O6S. The van der Waals surface area contributed by atoms with Crippen molar-refractivity contribution in [2.75, 3.05) is 18.4 Å². The predicted octanol–water partition coefficient (Wildman–Crippen LogP) is 5.76. The third-order valence-corrected chi connectivity index (χ3v) is 7.60. The predicted molar refractivity (Wildman–Crippen MR) is 148 cm³/mol. The summed E-state index contributed by atoms with van der Waals surface area (Å²) in [4.78, 5) is 13.3. The number of nitrogens with one attached hydrogen (secondary N) is 1. The zero-order chi connectivity index (χ0) is 27.9. The molecule has 0 fully saturated rings. The fraction of sp³-hybridized carbons (Fsp3) is 0.345. The molecule has 8 nitrogen and oxygen atoms in total. The highest BCUT2D eigenvalue weighted by molar-refractivity contribution is 7.92. The average molecular weight is 541 g/mol. The smallest absolute Gasteiger partial charge is 0.407 e. The van der Waals surface area contributed by atoms with Crippen molar-refractivity contribution in [2.24, 2.45) is 11.8 Å². The van der Waals surface area contributed by atoms with Gasteiger partial charge in [0.05, 0.1) is 17.7 Å². The average Bonchev–Trinajstić information content (AvgIpc) is 2.86. The molecule has 0 heterocycles. The topological polar surface area (TPSA) is 116 Å². The highest BCUT2D eigenvalue weighted by Crippen LogP contribution is 2.33. The van der Waals surface area contributed by atoms with E-state index in [-0.39, 0.29) is 41.3 Å². The molecule has 0 saturated heterocycles. The number of amides is 1. The number of carboxylic acid groups (broad SMARTS) is 1. The number of hydrogen-bond donors (Lipinski definition) is 3. The van der Waals surface area contributed by atoms with Crippen LogP contribution in [0.25, 0.3) is 0 Å². The second kappa shape index (κ2) is 12.7. The minimum absolute atomic E-state index is 0.0698. The van der Waals surface area contributed by atoms with Crippen molar-refractivity contribution in [3.63, 3.8) is 0 Å². The van der Waals surface area contributed by atoms with Crippen LogP contribution in [0.4, 0.5) is 10.5 Å². The van der Waals surface area contributed by atoms with Crippen molar-refractivity contribution < 1.29 is 28.2 Å². The molecule has 3 rings (SSSR count). The first-order valence-corrected chi connectivity index (χ1v) is 14.0. The van der Waals surface area contributed by atoms with Crippen molar-refractivity contribution >= 4 is 21.8 Å². The monoisotopic (exact) mass is 540 g/mol. The van der Waals surface area contributed by atoms with Crippen molar-refractivity contribution in [3.05, 3.63) is 83.4 Å². The Kier molecular flexibility index (Phi) is 9.63. The first-order chi connectivity index (χ1) is 18.0. The number of ether oxygens (including phenoxy) is 1. The quantitative estimate of drug-likeness (QED) is 0.252. The molecule has 0 radical (unpaired) electrons. The van der Waals surface area contributed by atoms with E-state index in [1.807, 2.05) is 51.1 Å². The number of benzene rings is 3. The molecule has 0 unspecified atom stereocenters. The van der Waals surface area contributed by atoms with Crippen LogP contribution < -0.4 is 9.46 Å². The molecule has 3 N–H and O–H groups in total. The Hall–Kier alpha value is -3.72. The molecule has 0 aliphatic carbocycles. The zero-order valence-electron chi connectivity index (χ0n) is 22.2. The molecule has 0 aliphatic rings. The van der Waals surface area contributed by atoms with Crippen LogP contribution in [-0.2, 0) is 29.4 Å². The second-order valence-electron chi connectivity index (χ2n) is 9.95. The van der Waals surface area contributed by atoms with Gasteiger partial charge in [-0.25, -0.2) is 13.2 Å². The summed E-state index contributed by atoms with van der Waals surface area (Å²) in [6, 6.07) is 19.1. The summed E-state index contributed by atoms with van der Waals surface area (Å²) in [7, 11) is -2.47. The van der Waals surface area contributed by atoms with Gasteiger partial charge in [-0.2, -0.15) is 0 Å². The van der Waals surface area contributed by atoms with Crippen LogP contribution in [0.2, 0.25) is 0 Å². The number of nitrogens with zero attached hydrogens (tertiary/aromatic N) is 1. The molecule has 0 spiro atoms. The highest BCUT2D eigenvalue weighted by atomic mass is 32.2. The van der Waals surface area contributed by atoms with Crippen LogP contribution in [0, 0.1) is 11.8 Å². The van der Waals surface area contributed by atoms with E-state index in [2.05, 4.69) is 4.72 Å². The molecule has 3 aromatic rings. The summed E-state index contributed by atoms with van der Waals surface area (Å²) in [5.74, 6) is 0.487. The molecule has 1 atom stereocenters. The minimum atomic E-state index is -4.00. The van der Waals surface area contributed by atoms with Crippen LogP contribution >= 0.6 is 0 Å². The lowest BCUT2D eigenvalue weighted by atomic mass is 9.99. The maximum atomic E-state index is 13.3. The first kappa shape index (κ1) is 28.8. The van der Waals surface area contributed by atoms with Gasteiger partial charge < -0.3 is 19.8 Å². The van der Waals surface area contributed by atoms with Crippen LogP contribution in [0.5, 0.6) is 11.5 Å². The standard InChI is InChI=1S/C29H36N2O6S/c1-20(2)15-24-17-25(37-4)13-14-27(24)38(35,36)30-26-12-8-11-23(28(26)32)16-21(3)18-31(29(33)34)19-22-9-6-5-7-10-22/h5-14,17,20-21,30,32H,15-16,18-19H2,1-4H3,(H,33,34)/t21-/m1/s1. The Balaban J connectivity index is 1.78. The molecule has 204 valence electrons. The summed E-state index contributed by atoms with van der Waals surface area (Å²) in [6.45, 7) is 6.42. The Labute approximate surface area is 224 Å².